The average Bonchev–Trinajstić information content (AvgIpc) is 2.60. The molecule has 2 aromatic rings. The Morgan fingerprint density at radius 2 is 2.00 bits per heavy atom. The second kappa shape index (κ2) is 6.03. The number of anilines is 2. The van der Waals surface area contributed by atoms with Crippen molar-refractivity contribution < 1.29 is 9.72 Å². The van der Waals surface area contributed by atoms with E-state index in [1.165, 1.54) is 12.1 Å². The molecule has 2 heterocycles. The van der Waals surface area contributed by atoms with E-state index in [1.807, 2.05) is 0 Å². The highest BCUT2D eigenvalue weighted by Crippen LogP contribution is 2.46. The van der Waals surface area contributed by atoms with E-state index in [-0.39, 0.29) is 16.2 Å². The van der Waals surface area contributed by atoms with Gasteiger partial charge in [-0.15, -0.1) is 0 Å². The molecule has 26 heavy (non-hydrogen) atoms. The summed E-state index contributed by atoms with van der Waals surface area (Å²) in [4.78, 5) is 30.3. The van der Waals surface area contributed by atoms with E-state index in [2.05, 4.69) is 15.3 Å². The van der Waals surface area contributed by atoms with Crippen LogP contribution < -0.4 is 11.1 Å². The van der Waals surface area contributed by atoms with E-state index in [0.717, 1.165) is 24.1 Å². The molecule has 1 aromatic carbocycles. The van der Waals surface area contributed by atoms with Gasteiger partial charge in [-0.25, -0.2) is 4.98 Å². The number of rotatable bonds is 2. The number of benzene rings is 1. The van der Waals surface area contributed by atoms with Gasteiger partial charge in [0.25, 0.3) is 5.69 Å². The van der Waals surface area contributed by atoms with Gasteiger partial charge >= 0.3 is 0 Å². The summed E-state index contributed by atoms with van der Waals surface area (Å²) in [7, 11) is 0. The highest BCUT2D eigenvalue weighted by Gasteiger charge is 2.37. The lowest BCUT2D eigenvalue weighted by atomic mass is 9.76. The summed E-state index contributed by atoms with van der Waals surface area (Å²) in [6.07, 6.45) is 1.97. The Kier molecular flexibility index (Phi) is 3.80. The minimum Gasteiger partial charge on any atom is -0.385 e. The Bertz CT molecular complexity index is 1030. The summed E-state index contributed by atoms with van der Waals surface area (Å²) < 4.78 is 0.252. The van der Waals surface area contributed by atoms with Crippen molar-refractivity contribution in [1.29, 1.82) is 0 Å². The minimum absolute atomic E-state index is 0.00866. The number of aromatic amines is 1. The number of nitro groups is 1. The first-order chi connectivity index (χ1) is 12.5. The number of hydrogen-bond acceptors (Lipinski definition) is 7. The maximum atomic E-state index is 12.7. The minimum atomic E-state index is -0.455. The van der Waals surface area contributed by atoms with E-state index < -0.39 is 10.8 Å². The average molecular weight is 369 g/mol. The molecule has 1 aromatic heterocycles. The molecule has 4 rings (SSSR count). The van der Waals surface area contributed by atoms with E-state index in [1.54, 1.807) is 12.1 Å². The number of nitrogens with zero attached hydrogens (tertiary/aromatic N) is 2. The monoisotopic (exact) mass is 369 g/mol. The summed E-state index contributed by atoms with van der Waals surface area (Å²) in [6.45, 7) is 0. The Balaban J connectivity index is 1.94. The molecule has 1 unspecified atom stereocenters. The standard InChI is InChI=1S/C17H15N5O3S/c18-15-14-12(8-4-6-9(7-5-8)22(24)25)13-10(2-1-3-11(13)23)19-16(14)21-17(26)20-15/h4-7,12H,1-3H2,(H4,18,19,20,21,26). The Morgan fingerprint density at radius 1 is 1.27 bits per heavy atom. The molecule has 0 fully saturated rings. The fourth-order valence-corrected chi connectivity index (χ4v) is 3.83. The number of nitrogen functional groups attached to an aromatic ring is 1. The molecule has 1 atom stereocenters. The third-order valence-electron chi connectivity index (χ3n) is 4.74. The molecular formula is C17H15N5O3S. The third kappa shape index (κ3) is 2.57. The van der Waals surface area contributed by atoms with E-state index in [4.69, 9.17) is 18.0 Å². The van der Waals surface area contributed by atoms with Crippen molar-refractivity contribution in [2.75, 3.05) is 11.1 Å². The molecule has 0 bridgehead atoms. The fourth-order valence-electron chi connectivity index (χ4n) is 3.62. The first-order valence-corrected chi connectivity index (χ1v) is 8.54. The first-order valence-electron chi connectivity index (χ1n) is 8.13. The Morgan fingerprint density at radius 3 is 2.69 bits per heavy atom. The summed E-state index contributed by atoms with van der Waals surface area (Å²) in [5, 5.41) is 14.2. The number of nitrogens with one attached hydrogen (secondary N) is 2. The number of non-ortho nitro benzene ring substituents is 1. The molecule has 2 aliphatic rings. The number of fused-ring (bicyclic) bond motifs is 1. The highest BCUT2D eigenvalue weighted by molar-refractivity contribution is 7.71. The summed E-state index contributed by atoms with van der Waals surface area (Å²) in [6, 6.07) is 6.18. The Labute approximate surface area is 153 Å². The number of aromatic nitrogens is 2. The van der Waals surface area contributed by atoms with E-state index in [9.17, 15) is 14.9 Å². The molecule has 9 heteroatoms. The van der Waals surface area contributed by atoms with Crippen molar-refractivity contribution in [2.45, 2.75) is 25.2 Å². The number of nitrogens with two attached hydrogens (primary N) is 1. The van der Waals surface area contributed by atoms with Gasteiger partial charge in [0.1, 0.15) is 11.6 Å². The number of H-pyrrole nitrogens is 1. The lowest BCUT2D eigenvalue weighted by Gasteiger charge is -2.33. The van der Waals surface area contributed by atoms with E-state index in [0.29, 0.717) is 29.2 Å². The molecule has 0 saturated heterocycles. The van der Waals surface area contributed by atoms with Crippen LogP contribution in [0.25, 0.3) is 0 Å². The Hall–Kier alpha value is -3.07. The van der Waals surface area contributed by atoms with Crippen LogP contribution in [-0.2, 0) is 4.79 Å². The van der Waals surface area contributed by atoms with Crippen LogP contribution >= 0.6 is 12.2 Å². The second-order valence-electron chi connectivity index (χ2n) is 6.29. The van der Waals surface area contributed by atoms with Crippen LogP contribution in [0.15, 0.2) is 35.5 Å². The van der Waals surface area contributed by atoms with Crippen LogP contribution in [-0.4, -0.2) is 20.7 Å². The van der Waals surface area contributed by atoms with Crippen LogP contribution in [0.1, 0.15) is 36.3 Å². The summed E-state index contributed by atoms with van der Waals surface area (Å²) in [5.41, 5.74) is 9.03. The topological polar surface area (TPSA) is 127 Å². The number of Topliss-reactive ketones (excluding diaryl/α,β-unsaturated/α-hetero) is 1. The lowest BCUT2D eigenvalue weighted by Crippen LogP contribution is -2.28. The molecule has 0 spiro atoms. The number of ketones is 1. The highest BCUT2D eigenvalue weighted by atomic mass is 32.1. The fraction of sp³-hybridized carbons (Fsp3) is 0.235. The van der Waals surface area contributed by atoms with Gasteiger partial charge in [-0.3, -0.25) is 14.9 Å². The zero-order valence-corrected chi connectivity index (χ0v) is 14.4. The van der Waals surface area contributed by atoms with Gasteiger partial charge in [0.05, 0.1) is 4.92 Å². The van der Waals surface area contributed by atoms with Crippen molar-refractivity contribution >= 4 is 35.3 Å². The molecule has 0 radical (unpaired) electrons. The normalized spacial score (nSPS) is 18.8. The molecule has 132 valence electrons. The zero-order valence-electron chi connectivity index (χ0n) is 13.6. The van der Waals surface area contributed by atoms with Crippen molar-refractivity contribution in [1.82, 2.24) is 9.97 Å². The maximum absolute atomic E-state index is 12.7. The largest absolute Gasteiger partial charge is 0.385 e. The molecule has 0 amide bonds. The van der Waals surface area contributed by atoms with Gasteiger partial charge in [-0.2, -0.15) is 0 Å². The van der Waals surface area contributed by atoms with Gasteiger partial charge in [0, 0.05) is 41.3 Å². The SMILES string of the molecule is Nc1[nH]c(=S)nc2c1C(c1ccc([N+](=O)[O-])cc1)C1=C(CCCC1=O)N2. The van der Waals surface area contributed by atoms with E-state index >= 15 is 0 Å². The molecule has 4 N–H and O–H groups in total. The number of nitro benzene ring substituents is 1. The second-order valence-corrected chi connectivity index (χ2v) is 6.68. The number of carbonyl (C=O) groups is 1. The first kappa shape index (κ1) is 16.4. The molecule has 1 aliphatic carbocycles. The van der Waals surface area contributed by atoms with Crippen molar-refractivity contribution in [3.63, 3.8) is 0 Å². The summed E-state index contributed by atoms with van der Waals surface area (Å²) >= 11 is 5.11. The quantitative estimate of drug-likeness (QED) is 0.421. The van der Waals surface area contributed by atoms with Crippen molar-refractivity contribution in [2.24, 2.45) is 0 Å². The third-order valence-corrected chi connectivity index (χ3v) is 4.93. The van der Waals surface area contributed by atoms with Crippen LogP contribution in [0.4, 0.5) is 17.3 Å². The number of carbonyl (C=O) groups excluding carboxylic acids is 1. The van der Waals surface area contributed by atoms with Crippen LogP contribution in [0.2, 0.25) is 0 Å². The predicted octanol–water partition coefficient (Wildman–Crippen LogP) is 3.19. The zero-order chi connectivity index (χ0) is 18.4. The molecule has 8 nitrogen and oxygen atoms in total. The van der Waals surface area contributed by atoms with Crippen LogP contribution in [0, 0.1) is 14.9 Å². The van der Waals surface area contributed by atoms with Gasteiger partial charge in [0.2, 0.25) is 0 Å². The van der Waals surface area contributed by atoms with Gasteiger partial charge in [-0.05, 0) is 30.6 Å². The molecule has 0 saturated carbocycles. The maximum Gasteiger partial charge on any atom is 0.269 e. The van der Waals surface area contributed by atoms with Gasteiger partial charge < -0.3 is 16.0 Å². The van der Waals surface area contributed by atoms with Gasteiger partial charge in [0.15, 0.2) is 10.6 Å². The molecule has 1 aliphatic heterocycles. The number of allylic oxidation sites excluding steroid dienone is 2. The van der Waals surface area contributed by atoms with Gasteiger partial charge in [-0.1, -0.05) is 12.1 Å². The number of hydrogen-bond donors (Lipinski definition) is 3. The van der Waals surface area contributed by atoms with Crippen molar-refractivity contribution in [3.8, 4) is 0 Å². The summed E-state index contributed by atoms with van der Waals surface area (Å²) in [5.74, 6) is 0.479. The lowest BCUT2D eigenvalue weighted by molar-refractivity contribution is -0.384. The molecular weight excluding hydrogens is 354 g/mol. The smallest absolute Gasteiger partial charge is 0.269 e. The van der Waals surface area contributed by atoms with Crippen LogP contribution in [0.5, 0.6) is 0 Å². The van der Waals surface area contributed by atoms with Crippen molar-refractivity contribution in [3.05, 3.63) is 61.5 Å². The van der Waals surface area contributed by atoms with Crippen LogP contribution in [0.3, 0.4) is 0 Å². The predicted molar refractivity (Wildman–Crippen MR) is 98.3 cm³/mol.